The van der Waals surface area contributed by atoms with Gasteiger partial charge in [-0.3, -0.25) is 9.52 Å². The molecule has 0 aliphatic rings. The van der Waals surface area contributed by atoms with E-state index in [4.69, 9.17) is 0 Å². The predicted octanol–water partition coefficient (Wildman–Crippen LogP) is 5.30. The summed E-state index contributed by atoms with van der Waals surface area (Å²) in [4.78, 5) is 17.8. The summed E-state index contributed by atoms with van der Waals surface area (Å²) in [6.07, 6.45) is 0.114. The van der Waals surface area contributed by atoms with Crippen molar-refractivity contribution in [3.8, 4) is 11.3 Å². The number of aryl methyl sites for hydroxylation is 1. The van der Waals surface area contributed by atoms with E-state index < -0.39 is 10.0 Å². The Kier molecular flexibility index (Phi) is 6.35. The molecule has 164 valence electrons. The van der Waals surface area contributed by atoms with E-state index in [-0.39, 0.29) is 22.4 Å². The maximum absolute atomic E-state index is 13.1. The zero-order valence-corrected chi connectivity index (χ0v) is 19.3. The Hall–Kier alpha value is -3.08. The van der Waals surface area contributed by atoms with Crippen molar-refractivity contribution in [2.75, 3.05) is 10.0 Å². The predicted molar refractivity (Wildman–Crippen MR) is 126 cm³/mol. The van der Waals surface area contributed by atoms with Gasteiger partial charge in [-0.25, -0.2) is 17.8 Å². The van der Waals surface area contributed by atoms with Crippen LogP contribution in [0, 0.1) is 12.7 Å². The Morgan fingerprint density at radius 3 is 2.44 bits per heavy atom. The molecule has 10 heteroatoms. The minimum Gasteiger partial charge on any atom is -0.302 e. The largest absolute Gasteiger partial charge is 0.302 e. The third-order valence-corrected chi connectivity index (χ3v) is 8.16. The fourth-order valence-corrected chi connectivity index (χ4v) is 5.89. The van der Waals surface area contributed by atoms with Crippen LogP contribution in [-0.2, 0) is 21.2 Å². The van der Waals surface area contributed by atoms with Crippen molar-refractivity contribution in [1.29, 1.82) is 0 Å². The lowest BCUT2D eigenvalue weighted by molar-refractivity contribution is -0.115. The molecule has 0 fully saturated rings. The summed E-state index contributed by atoms with van der Waals surface area (Å²) in [6.45, 7) is 1.89. The number of benzene rings is 2. The first kappa shape index (κ1) is 22.1. The van der Waals surface area contributed by atoms with Crippen LogP contribution < -0.4 is 10.0 Å². The van der Waals surface area contributed by atoms with Crippen molar-refractivity contribution in [3.05, 3.63) is 82.3 Å². The van der Waals surface area contributed by atoms with E-state index in [0.29, 0.717) is 16.5 Å². The minimum atomic E-state index is -3.61. The van der Waals surface area contributed by atoms with Crippen molar-refractivity contribution in [3.63, 3.8) is 0 Å². The molecule has 2 aromatic carbocycles. The van der Waals surface area contributed by atoms with Crippen molar-refractivity contribution in [2.24, 2.45) is 0 Å². The smallest absolute Gasteiger partial charge is 0.271 e. The van der Waals surface area contributed by atoms with E-state index in [1.165, 1.54) is 29.5 Å². The summed E-state index contributed by atoms with van der Waals surface area (Å²) >= 11 is 2.49. The van der Waals surface area contributed by atoms with Crippen LogP contribution >= 0.6 is 22.7 Å². The minimum absolute atomic E-state index is 0.114. The number of sulfonamides is 1. The summed E-state index contributed by atoms with van der Waals surface area (Å²) in [6, 6.07) is 15.9. The normalized spacial score (nSPS) is 11.3. The summed E-state index contributed by atoms with van der Waals surface area (Å²) < 4.78 is 40.5. The number of anilines is 2. The average Bonchev–Trinajstić information content (AvgIpc) is 3.41. The number of thiophene rings is 1. The number of amides is 1. The molecule has 32 heavy (non-hydrogen) atoms. The van der Waals surface area contributed by atoms with Crippen LogP contribution in [0.25, 0.3) is 11.3 Å². The van der Waals surface area contributed by atoms with Crippen LogP contribution in [0.5, 0.6) is 0 Å². The van der Waals surface area contributed by atoms with Crippen LogP contribution in [0.1, 0.15) is 10.4 Å². The lowest BCUT2D eigenvalue weighted by Crippen LogP contribution is -2.14. The number of carbonyl (C=O) groups excluding carboxylic acids is 1. The van der Waals surface area contributed by atoms with Gasteiger partial charge in [0.15, 0.2) is 5.13 Å². The van der Waals surface area contributed by atoms with Crippen molar-refractivity contribution < 1.29 is 17.6 Å². The van der Waals surface area contributed by atoms with Crippen LogP contribution in [-0.4, -0.2) is 19.3 Å². The molecule has 0 unspecified atom stereocenters. The molecule has 0 saturated heterocycles. The van der Waals surface area contributed by atoms with E-state index >= 15 is 0 Å². The second kappa shape index (κ2) is 9.19. The lowest BCUT2D eigenvalue weighted by Gasteiger charge is -2.07. The van der Waals surface area contributed by atoms with Gasteiger partial charge >= 0.3 is 0 Å². The number of thiazole rings is 1. The molecule has 0 saturated carbocycles. The molecular formula is C22H18FN3O3S3. The molecule has 2 heterocycles. The molecule has 4 rings (SSSR count). The number of nitrogens with one attached hydrogen (secondary N) is 2. The topological polar surface area (TPSA) is 88.2 Å². The first-order chi connectivity index (χ1) is 15.3. The fourth-order valence-electron chi connectivity index (χ4n) is 2.99. The number of hydrogen-bond donors (Lipinski definition) is 2. The molecule has 0 radical (unpaired) electrons. The molecule has 0 bridgehead atoms. The lowest BCUT2D eigenvalue weighted by atomic mass is 10.1. The maximum Gasteiger partial charge on any atom is 0.271 e. The van der Waals surface area contributed by atoms with E-state index in [9.17, 15) is 17.6 Å². The Bertz CT molecular complexity index is 1330. The van der Waals surface area contributed by atoms with Crippen molar-refractivity contribution in [2.45, 2.75) is 17.6 Å². The van der Waals surface area contributed by atoms with Crippen molar-refractivity contribution in [1.82, 2.24) is 4.98 Å². The quantitative estimate of drug-likeness (QED) is 0.370. The molecule has 1 amide bonds. The molecule has 0 aliphatic carbocycles. The van der Waals surface area contributed by atoms with Crippen LogP contribution in [0.3, 0.4) is 0 Å². The van der Waals surface area contributed by atoms with Gasteiger partial charge < -0.3 is 5.32 Å². The van der Waals surface area contributed by atoms with Crippen LogP contribution in [0.15, 0.2) is 70.3 Å². The summed E-state index contributed by atoms with van der Waals surface area (Å²) in [7, 11) is -3.61. The Labute approximate surface area is 192 Å². The maximum atomic E-state index is 13.1. The third-order valence-electron chi connectivity index (χ3n) is 4.49. The number of rotatable bonds is 7. The molecular weight excluding hydrogens is 469 g/mol. The fraction of sp³-hybridized carbons (Fsp3) is 0.0909. The molecule has 2 aromatic heterocycles. The van der Waals surface area contributed by atoms with E-state index in [1.807, 2.05) is 6.92 Å². The van der Waals surface area contributed by atoms with Gasteiger partial charge in [-0.05, 0) is 60.3 Å². The molecule has 2 N–H and O–H groups in total. The van der Waals surface area contributed by atoms with Gasteiger partial charge in [0.1, 0.15) is 10.0 Å². The van der Waals surface area contributed by atoms with Gasteiger partial charge in [-0.2, -0.15) is 0 Å². The SMILES string of the molecule is Cc1sc(NC(=O)Cc2ccc(NS(=O)(=O)c3cccs3)cc2)nc1-c1ccc(F)cc1. The van der Waals surface area contributed by atoms with Crippen LogP contribution in [0.2, 0.25) is 0 Å². The Morgan fingerprint density at radius 2 is 1.78 bits per heavy atom. The highest BCUT2D eigenvalue weighted by molar-refractivity contribution is 7.94. The second-order valence-electron chi connectivity index (χ2n) is 6.89. The molecule has 4 aromatic rings. The van der Waals surface area contributed by atoms with Gasteiger partial charge in [-0.1, -0.05) is 18.2 Å². The first-order valence-corrected chi connectivity index (χ1v) is 12.7. The third kappa shape index (κ3) is 5.21. The van der Waals surface area contributed by atoms with Gasteiger partial charge in [0.25, 0.3) is 10.0 Å². The first-order valence-electron chi connectivity index (χ1n) is 9.49. The summed E-state index contributed by atoms with van der Waals surface area (Å²) in [5.41, 5.74) is 2.63. The number of halogens is 1. The summed E-state index contributed by atoms with van der Waals surface area (Å²) in [5.74, 6) is -0.558. The second-order valence-corrected chi connectivity index (χ2v) is 11.0. The summed E-state index contributed by atoms with van der Waals surface area (Å²) in [5, 5.41) is 4.95. The Balaban J connectivity index is 1.38. The molecule has 0 atom stereocenters. The molecule has 0 spiro atoms. The number of hydrogen-bond acceptors (Lipinski definition) is 6. The number of nitrogens with zero attached hydrogens (tertiary/aromatic N) is 1. The van der Waals surface area contributed by atoms with Crippen LogP contribution in [0.4, 0.5) is 15.2 Å². The Morgan fingerprint density at radius 1 is 1.06 bits per heavy atom. The zero-order valence-electron chi connectivity index (χ0n) is 16.8. The standard InChI is InChI=1S/C22H18FN3O3S3/c1-14-21(16-6-8-17(23)9-7-16)25-22(31-14)24-19(27)13-15-4-10-18(11-5-15)26-32(28,29)20-3-2-12-30-20/h2-12,26H,13H2,1H3,(H,24,25,27). The number of aromatic nitrogens is 1. The highest BCUT2D eigenvalue weighted by Gasteiger charge is 2.16. The van der Waals surface area contributed by atoms with Crippen molar-refractivity contribution >= 4 is 49.4 Å². The van der Waals surface area contributed by atoms with E-state index in [0.717, 1.165) is 27.3 Å². The van der Waals surface area contributed by atoms with E-state index in [1.54, 1.807) is 47.8 Å². The number of carbonyl (C=O) groups is 1. The highest BCUT2D eigenvalue weighted by Crippen LogP contribution is 2.30. The highest BCUT2D eigenvalue weighted by atomic mass is 32.2. The van der Waals surface area contributed by atoms with Gasteiger partial charge in [0.2, 0.25) is 5.91 Å². The van der Waals surface area contributed by atoms with Gasteiger partial charge in [-0.15, -0.1) is 22.7 Å². The molecule has 6 nitrogen and oxygen atoms in total. The zero-order chi connectivity index (χ0) is 22.7. The van der Waals surface area contributed by atoms with E-state index in [2.05, 4.69) is 15.0 Å². The van der Waals surface area contributed by atoms with Gasteiger partial charge in [0.05, 0.1) is 12.1 Å². The molecule has 0 aliphatic heterocycles. The average molecular weight is 488 g/mol. The monoisotopic (exact) mass is 487 g/mol. The van der Waals surface area contributed by atoms with Gasteiger partial charge in [0, 0.05) is 16.1 Å².